The van der Waals surface area contributed by atoms with Gasteiger partial charge in [0.1, 0.15) is 23.9 Å². The van der Waals surface area contributed by atoms with E-state index in [1.54, 1.807) is 0 Å². The summed E-state index contributed by atoms with van der Waals surface area (Å²) in [4.78, 5) is 13.4. The van der Waals surface area contributed by atoms with E-state index in [-0.39, 0.29) is 12.5 Å². The summed E-state index contributed by atoms with van der Waals surface area (Å²) < 4.78 is 18.6. The van der Waals surface area contributed by atoms with Crippen LogP contribution in [0.15, 0.2) is 91.0 Å². The van der Waals surface area contributed by atoms with Crippen molar-refractivity contribution in [1.29, 1.82) is 0 Å². The first kappa shape index (κ1) is 28.5. The molecule has 1 unspecified atom stereocenters. The Hall–Kier alpha value is -4.25. The molecule has 1 atom stereocenters. The molecule has 0 aromatic heterocycles. The van der Waals surface area contributed by atoms with Crippen LogP contribution < -0.4 is 14.8 Å². The van der Waals surface area contributed by atoms with Crippen molar-refractivity contribution in [2.24, 2.45) is 5.92 Å². The molecule has 1 amide bonds. The lowest BCUT2D eigenvalue weighted by atomic mass is 9.93. The maximum Gasteiger partial charge on any atom is 0.407 e. The van der Waals surface area contributed by atoms with Crippen molar-refractivity contribution in [1.82, 2.24) is 5.32 Å². The Labute approximate surface area is 260 Å². The predicted molar refractivity (Wildman–Crippen MR) is 174 cm³/mol. The Balaban J connectivity index is 1.04. The molecule has 44 heavy (non-hydrogen) atoms. The Morgan fingerprint density at radius 1 is 0.659 bits per heavy atom. The highest BCUT2D eigenvalue weighted by atomic mass is 16.5. The molecule has 3 aliphatic rings. The molecule has 4 aromatic carbocycles. The van der Waals surface area contributed by atoms with E-state index in [1.807, 2.05) is 54.6 Å². The second kappa shape index (κ2) is 13.2. The summed E-state index contributed by atoms with van der Waals surface area (Å²) in [6, 6.07) is 30.2. The van der Waals surface area contributed by atoms with Crippen LogP contribution in [0.3, 0.4) is 0 Å². The molecule has 1 heterocycles. The number of ether oxygens (including phenoxy) is 3. The number of hydrogen-bond acceptors (Lipinski definition) is 4. The van der Waals surface area contributed by atoms with Crippen molar-refractivity contribution in [3.05, 3.63) is 113 Å². The number of rotatable bonds is 6. The molecule has 1 saturated carbocycles. The minimum Gasteiger partial charge on any atom is -0.493 e. The van der Waals surface area contributed by atoms with Gasteiger partial charge in [-0.2, -0.15) is 0 Å². The third-order valence-electron chi connectivity index (χ3n) is 9.56. The van der Waals surface area contributed by atoms with Gasteiger partial charge in [-0.3, -0.25) is 0 Å². The van der Waals surface area contributed by atoms with Crippen molar-refractivity contribution < 1.29 is 19.0 Å². The molecule has 7 rings (SSSR count). The van der Waals surface area contributed by atoms with Crippen LogP contribution in [-0.2, 0) is 4.74 Å². The Morgan fingerprint density at radius 3 is 1.95 bits per heavy atom. The monoisotopic (exact) mass is 587 g/mol. The molecule has 0 radical (unpaired) electrons. The predicted octanol–water partition coefficient (Wildman–Crippen LogP) is 9.94. The third kappa shape index (κ3) is 6.06. The van der Waals surface area contributed by atoms with Crippen LogP contribution in [0, 0.1) is 5.92 Å². The molecular weight excluding hydrogens is 546 g/mol. The first-order chi connectivity index (χ1) is 21.7. The van der Waals surface area contributed by atoms with Crippen LogP contribution in [0.4, 0.5) is 4.79 Å². The summed E-state index contributed by atoms with van der Waals surface area (Å²) in [7, 11) is 0. The highest BCUT2D eigenvalue weighted by molar-refractivity contribution is 5.79. The number of para-hydroxylation sites is 1. The van der Waals surface area contributed by atoms with Gasteiger partial charge in [-0.05, 0) is 59.2 Å². The normalized spacial score (nSPS) is 18.1. The largest absolute Gasteiger partial charge is 0.493 e. The Kier molecular flexibility index (Phi) is 8.54. The lowest BCUT2D eigenvalue weighted by Gasteiger charge is -2.29. The average Bonchev–Trinajstić information content (AvgIpc) is 3.38. The van der Waals surface area contributed by atoms with Crippen molar-refractivity contribution >= 4 is 6.09 Å². The summed E-state index contributed by atoms with van der Waals surface area (Å²) in [5, 5.41) is 3.15. The fourth-order valence-corrected chi connectivity index (χ4v) is 7.22. The van der Waals surface area contributed by atoms with Gasteiger partial charge in [0.15, 0.2) is 0 Å². The number of fused-ring (bicyclic) bond motifs is 5. The number of carbonyl (C=O) groups is 1. The van der Waals surface area contributed by atoms with Crippen LogP contribution in [0.25, 0.3) is 11.1 Å². The molecule has 0 bridgehead atoms. The van der Waals surface area contributed by atoms with Gasteiger partial charge in [-0.15, -0.1) is 0 Å². The summed E-state index contributed by atoms with van der Waals surface area (Å²) in [6.45, 7) is 1.00. The lowest BCUT2D eigenvalue weighted by molar-refractivity contribution is 0.140. The number of alkyl carbamates (subject to hydrolysis) is 1. The van der Waals surface area contributed by atoms with Crippen LogP contribution in [0.2, 0.25) is 0 Å². The standard InChI is InChI=1S/C39H41NO4/c41-39(43-26-35-31-18-10-8-16-29(31)30-17-9-11-19-32(30)35)40-38-33-20-12-13-21-36(33)44-37-24-28(22-23-34(37)38)42-25-27-14-6-4-2-1-3-5-7-15-27/h8-13,16-24,27,35,38H,1-7,14-15,25-26H2,(H,40,41). The van der Waals surface area contributed by atoms with E-state index >= 15 is 0 Å². The zero-order valence-electron chi connectivity index (χ0n) is 25.3. The van der Waals surface area contributed by atoms with E-state index in [1.165, 1.54) is 80.0 Å². The first-order valence-corrected chi connectivity index (χ1v) is 16.4. The summed E-state index contributed by atoms with van der Waals surface area (Å²) >= 11 is 0. The molecule has 2 aliphatic carbocycles. The van der Waals surface area contributed by atoms with Gasteiger partial charge >= 0.3 is 6.09 Å². The topological polar surface area (TPSA) is 56.8 Å². The minimum atomic E-state index is -0.448. The van der Waals surface area contributed by atoms with Gasteiger partial charge in [0, 0.05) is 23.1 Å². The minimum absolute atomic E-state index is 0.00813. The molecular formula is C39H41NO4. The summed E-state index contributed by atoms with van der Waals surface area (Å²) in [5.41, 5.74) is 6.61. The van der Waals surface area contributed by atoms with Crippen molar-refractivity contribution in [3.63, 3.8) is 0 Å². The highest BCUT2D eigenvalue weighted by Crippen LogP contribution is 2.46. The molecule has 5 nitrogen and oxygen atoms in total. The van der Waals surface area contributed by atoms with E-state index < -0.39 is 12.1 Å². The van der Waals surface area contributed by atoms with Crippen molar-refractivity contribution in [2.75, 3.05) is 13.2 Å². The number of amides is 1. The maximum atomic E-state index is 13.4. The number of nitrogens with one attached hydrogen (secondary N) is 1. The molecule has 1 aliphatic heterocycles. The number of hydrogen-bond donors (Lipinski definition) is 1. The lowest BCUT2D eigenvalue weighted by Crippen LogP contribution is -2.32. The van der Waals surface area contributed by atoms with Gasteiger partial charge in [0.2, 0.25) is 0 Å². The van der Waals surface area contributed by atoms with Gasteiger partial charge < -0.3 is 19.5 Å². The zero-order valence-corrected chi connectivity index (χ0v) is 25.3. The Morgan fingerprint density at radius 2 is 1.25 bits per heavy atom. The van der Waals surface area contributed by atoms with Crippen molar-refractivity contribution in [3.8, 4) is 28.4 Å². The average molecular weight is 588 g/mol. The first-order valence-electron chi connectivity index (χ1n) is 16.4. The highest BCUT2D eigenvalue weighted by Gasteiger charge is 2.32. The van der Waals surface area contributed by atoms with E-state index in [2.05, 4.69) is 41.7 Å². The second-order valence-corrected chi connectivity index (χ2v) is 12.5. The SMILES string of the molecule is O=C(NC1c2ccccc2Oc2cc(OCC3CCCCCCCCC3)ccc21)OCC1c2ccccc2-c2ccccc21. The maximum absolute atomic E-state index is 13.4. The van der Waals surface area contributed by atoms with Crippen molar-refractivity contribution in [2.45, 2.75) is 69.7 Å². The van der Waals surface area contributed by atoms with Gasteiger partial charge in [-0.25, -0.2) is 4.79 Å². The van der Waals surface area contributed by atoms with Crippen LogP contribution >= 0.6 is 0 Å². The van der Waals surface area contributed by atoms with Gasteiger partial charge in [-0.1, -0.05) is 112 Å². The smallest absolute Gasteiger partial charge is 0.407 e. The van der Waals surface area contributed by atoms with E-state index in [0.29, 0.717) is 11.7 Å². The molecule has 226 valence electrons. The summed E-state index contributed by atoms with van der Waals surface area (Å²) in [5.74, 6) is 2.84. The van der Waals surface area contributed by atoms with Crippen LogP contribution in [0.5, 0.6) is 17.2 Å². The van der Waals surface area contributed by atoms with Gasteiger partial charge in [0.25, 0.3) is 0 Å². The quantitative estimate of drug-likeness (QED) is 0.244. The van der Waals surface area contributed by atoms with E-state index in [9.17, 15) is 4.79 Å². The molecule has 0 saturated heterocycles. The fraction of sp³-hybridized carbons (Fsp3) is 0.359. The molecule has 5 heteroatoms. The third-order valence-corrected chi connectivity index (χ3v) is 9.56. The van der Waals surface area contributed by atoms with Gasteiger partial charge in [0.05, 0.1) is 12.6 Å². The number of carbonyl (C=O) groups excluding carboxylic acids is 1. The summed E-state index contributed by atoms with van der Waals surface area (Å²) in [6.07, 6.45) is 11.4. The molecule has 0 spiro atoms. The number of benzene rings is 4. The van der Waals surface area contributed by atoms with Crippen LogP contribution in [-0.4, -0.2) is 19.3 Å². The van der Waals surface area contributed by atoms with Crippen LogP contribution in [0.1, 0.15) is 92.0 Å². The Bertz CT molecular complexity index is 1560. The molecule has 4 aromatic rings. The molecule has 1 fully saturated rings. The van der Waals surface area contributed by atoms with E-state index in [4.69, 9.17) is 14.2 Å². The van der Waals surface area contributed by atoms with E-state index in [0.717, 1.165) is 29.2 Å². The second-order valence-electron chi connectivity index (χ2n) is 12.5. The zero-order chi connectivity index (χ0) is 29.7. The molecule has 1 N–H and O–H groups in total. The fourth-order valence-electron chi connectivity index (χ4n) is 7.22.